The van der Waals surface area contributed by atoms with Gasteiger partial charge in [-0.3, -0.25) is 13.8 Å². The molecule has 4 rings (SSSR count). The highest BCUT2D eigenvalue weighted by Crippen LogP contribution is 2.40. The van der Waals surface area contributed by atoms with Crippen molar-refractivity contribution in [2.75, 3.05) is 17.4 Å². The van der Waals surface area contributed by atoms with Crippen LogP contribution in [0, 0.1) is 11.7 Å². The Hall–Kier alpha value is -1.93. The summed E-state index contributed by atoms with van der Waals surface area (Å²) >= 11 is -1.88. The fourth-order valence-corrected chi connectivity index (χ4v) is 4.02. The van der Waals surface area contributed by atoms with Crippen LogP contribution in [0.2, 0.25) is 0 Å². The molecule has 23 heavy (non-hydrogen) atoms. The Bertz CT molecular complexity index is 748. The Labute approximate surface area is 135 Å². The molecule has 1 amide bonds. The summed E-state index contributed by atoms with van der Waals surface area (Å²) in [5, 5.41) is 13.3. The van der Waals surface area contributed by atoms with E-state index in [1.165, 1.54) is 25.0 Å². The third kappa shape index (κ3) is 2.51. The second-order valence-electron chi connectivity index (χ2n) is 6.04. The summed E-state index contributed by atoms with van der Waals surface area (Å²) in [6.45, 7) is 0.311. The number of nitrogens with zero attached hydrogens (tertiary/aromatic N) is 1. The van der Waals surface area contributed by atoms with E-state index in [4.69, 9.17) is 0 Å². The van der Waals surface area contributed by atoms with Crippen molar-refractivity contribution in [3.05, 3.63) is 29.6 Å². The molecule has 0 bridgehead atoms. The van der Waals surface area contributed by atoms with E-state index >= 15 is 0 Å². The first-order valence-electron chi connectivity index (χ1n) is 7.49. The van der Waals surface area contributed by atoms with Gasteiger partial charge in [0.2, 0.25) is 11.2 Å². The first kappa shape index (κ1) is 14.6. The average Bonchev–Trinajstić information content (AvgIpc) is 3.15. The smallest absolute Gasteiger partial charge is 0.253 e. The molecule has 1 aliphatic carbocycles. The molecule has 2 fully saturated rings. The number of phenols is 1. The third-order valence-electron chi connectivity index (χ3n) is 4.42. The number of aromatic hydroxyl groups is 1. The number of halogens is 1. The molecule has 1 aromatic rings. The lowest BCUT2D eigenvalue weighted by Gasteiger charge is -2.18. The summed E-state index contributed by atoms with van der Waals surface area (Å²) in [7, 11) is 0. The molecule has 3 aliphatic rings. The van der Waals surface area contributed by atoms with E-state index in [2.05, 4.69) is 10.0 Å². The normalized spacial score (nSPS) is 27.3. The van der Waals surface area contributed by atoms with Crippen molar-refractivity contribution in [2.24, 2.45) is 5.92 Å². The minimum absolute atomic E-state index is 0.199. The van der Waals surface area contributed by atoms with E-state index in [1.54, 1.807) is 0 Å². The van der Waals surface area contributed by atoms with E-state index in [-0.39, 0.29) is 24.0 Å². The van der Waals surface area contributed by atoms with Crippen LogP contribution in [0.15, 0.2) is 18.2 Å². The van der Waals surface area contributed by atoms with Gasteiger partial charge in [-0.05, 0) is 36.5 Å². The molecule has 1 saturated carbocycles. The lowest BCUT2D eigenvalue weighted by atomic mass is 10.0. The number of benzene rings is 1. The zero-order valence-electron chi connectivity index (χ0n) is 12.2. The predicted octanol–water partition coefficient (Wildman–Crippen LogP) is 0.811. The number of carbonyl (C=O) groups is 1. The van der Waals surface area contributed by atoms with E-state index in [0.717, 1.165) is 9.88 Å². The Morgan fingerprint density at radius 1 is 1.35 bits per heavy atom. The Morgan fingerprint density at radius 2 is 2.13 bits per heavy atom. The summed E-state index contributed by atoms with van der Waals surface area (Å²) in [5.74, 6) is -0.830. The summed E-state index contributed by atoms with van der Waals surface area (Å²) in [5.41, 5.74) is 0.990. The van der Waals surface area contributed by atoms with Crippen LogP contribution in [0.5, 0.6) is 5.75 Å². The quantitative estimate of drug-likeness (QED) is 0.762. The topological polar surface area (TPSA) is 81.7 Å². The lowest BCUT2D eigenvalue weighted by molar-refractivity contribution is -0.117. The number of rotatable bonds is 3. The number of anilines is 1. The maximum atomic E-state index is 14.9. The molecule has 2 aliphatic heterocycles. The predicted molar refractivity (Wildman–Crippen MR) is 84.2 cm³/mol. The van der Waals surface area contributed by atoms with Crippen molar-refractivity contribution in [2.45, 2.75) is 18.9 Å². The first-order chi connectivity index (χ1) is 11.0. The van der Waals surface area contributed by atoms with Crippen LogP contribution < -0.4 is 14.3 Å². The number of hydrogen-bond donors (Lipinski definition) is 3. The molecule has 2 atom stereocenters. The Morgan fingerprint density at radius 3 is 2.78 bits per heavy atom. The number of phenolic OH excluding ortho intramolecular Hbond substituents is 1. The summed E-state index contributed by atoms with van der Waals surface area (Å²) in [6, 6.07) is 3.16. The van der Waals surface area contributed by atoms with Gasteiger partial charge in [0.15, 0.2) is 5.82 Å². The molecule has 1 saturated heterocycles. The minimum atomic E-state index is -1.88. The van der Waals surface area contributed by atoms with Gasteiger partial charge >= 0.3 is 0 Å². The van der Waals surface area contributed by atoms with Crippen LogP contribution >= 0.6 is 0 Å². The summed E-state index contributed by atoms with van der Waals surface area (Å²) < 4.78 is 30.0. The maximum absolute atomic E-state index is 14.9. The molecule has 0 spiro atoms. The molecule has 0 radical (unpaired) electrons. The number of amides is 1. The van der Waals surface area contributed by atoms with Gasteiger partial charge in [0.05, 0.1) is 0 Å². The van der Waals surface area contributed by atoms with Gasteiger partial charge in [-0.25, -0.2) is 8.60 Å². The highest BCUT2D eigenvalue weighted by Gasteiger charge is 2.35. The molecule has 6 nitrogen and oxygen atoms in total. The largest absolute Gasteiger partial charge is 0.506 e. The second-order valence-corrected chi connectivity index (χ2v) is 7.19. The SMILES string of the molecule is O=C1CN(c2c(O)ccc(C3=CC(C4CC4)NC3)c2F)S(=O)N1. The molecule has 2 unspecified atom stereocenters. The first-order valence-corrected chi connectivity index (χ1v) is 8.60. The molecule has 122 valence electrons. The van der Waals surface area contributed by atoms with Crippen molar-refractivity contribution in [1.82, 2.24) is 10.0 Å². The van der Waals surface area contributed by atoms with Crippen LogP contribution in [0.1, 0.15) is 18.4 Å². The van der Waals surface area contributed by atoms with Gasteiger partial charge in [-0.1, -0.05) is 6.08 Å². The van der Waals surface area contributed by atoms with Crippen molar-refractivity contribution in [1.29, 1.82) is 0 Å². The van der Waals surface area contributed by atoms with Crippen molar-refractivity contribution < 1.29 is 18.5 Å². The van der Waals surface area contributed by atoms with Crippen LogP contribution in [0.3, 0.4) is 0 Å². The van der Waals surface area contributed by atoms with E-state index in [0.29, 0.717) is 18.0 Å². The molecule has 3 N–H and O–H groups in total. The molecule has 0 aromatic heterocycles. The van der Waals surface area contributed by atoms with Gasteiger partial charge in [-0.15, -0.1) is 0 Å². The molecule has 8 heteroatoms. The van der Waals surface area contributed by atoms with Gasteiger partial charge in [-0.2, -0.15) is 0 Å². The minimum Gasteiger partial charge on any atom is -0.506 e. The molecular weight excluding hydrogens is 321 g/mol. The fraction of sp³-hybridized carbons (Fsp3) is 0.400. The van der Waals surface area contributed by atoms with Gasteiger partial charge in [0, 0.05) is 18.2 Å². The van der Waals surface area contributed by atoms with Crippen molar-refractivity contribution in [3.63, 3.8) is 0 Å². The Balaban J connectivity index is 1.72. The monoisotopic (exact) mass is 337 g/mol. The van der Waals surface area contributed by atoms with Crippen LogP contribution in [-0.4, -0.2) is 34.4 Å². The average molecular weight is 337 g/mol. The summed E-state index contributed by atoms with van der Waals surface area (Å²) in [6.07, 6.45) is 4.40. The third-order valence-corrected chi connectivity index (χ3v) is 5.53. The van der Waals surface area contributed by atoms with Crippen LogP contribution in [-0.2, 0) is 16.0 Å². The van der Waals surface area contributed by atoms with Crippen LogP contribution in [0.4, 0.5) is 10.1 Å². The molecule has 1 aromatic carbocycles. The lowest BCUT2D eigenvalue weighted by Crippen LogP contribution is -2.24. The van der Waals surface area contributed by atoms with E-state index < -0.39 is 22.9 Å². The number of hydrogen-bond acceptors (Lipinski definition) is 4. The standard InChI is InChI=1S/C15H16FN3O3S/c16-14-10(9-5-11(17-6-9)8-1-2-8)3-4-12(20)15(14)19-7-13(21)18-23(19)22/h3-5,8,11,17,20H,1-2,6-7H2,(H,18,21). The summed E-state index contributed by atoms with van der Waals surface area (Å²) in [4.78, 5) is 11.4. The van der Waals surface area contributed by atoms with Crippen molar-refractivity contribution >= 4 is 28.3 Å². The fourth-order valence-electron chi connectivity index (χ4n) is 3.08. The van der Waals surface area contributed by atoms with E-state index in [9.17, 15) is 18.5 Å². The van der Waals surface area contributed by atoms with Crippen molar-refractivity contribution in [3.8, 4) is 5.75 Å². The molecule has 2 heterocycles. The zero-order valence-corrected chi connectivity index (χ0v) is 13.0. The zero-order chi connectivity index (χ0) is 16.1. The number of carbonyl (C=O) groups excluding carboxylic acids is 1. The maximum Gasteiger partial charge on any atom is 0.253 e. The van der Waals surface area contributed by atoms with Gasteiger partial charge in [0.1, 0.15) is 18.0 Å². The molecular formula is C15H16FN3O3S. The van der Waals surface area contributed by atoms with Gasteiger partial charge < -0.3 is 10.4 Å². The van der Waals surface area contributed by atoms with Crippen LogP contribution in [0.25, 0.3) is 5.57 Å². The highest BCUT2D eigenvalue weighted by molar-refractivity contribution is 7.85. The highest BCUT2D eigenvalue weighted by atomic mass is 32.2. The van der Waals surface area contributed by atoms with Gasteiger partial charge in [0.25, 0.3) is 5.91 Å². The number of nitrogens with one attached hydrogen (secondary N) is 2. The Kier molecular flexibility index (Phi) is 3.38. The second kappa shape index (κ2) is 5.31. The van der Waals surface area contributed by atoms with E-state index in [1.807, 2.05) is 6.08 Å².